The molecule has 1 fully saturated rings. The lowest BCUT2D eigenvalue weighted by atomic mass is 9.71. The number of nitrogen functional groups attached to an aromatic ring is 1. The van der Waals surface area contributed by atoms with Gasteiger partial charge in [0.05, 0.1) is 17.2 Å². The third kappa shape index (κ3) is 2.57. The van der Waals surface area contributed by atoms with Crippen molar-refractivity contribution in [2.45, 2.75) is 44.0 Å². The van der Waals surface area contributed by atoms with Gasteiger partial charge in [0, 0.05) is 18.5 Å². The standard InChI is InChI=1S/C14H19F3N2O/c1-3-13(7-6-12(13)20-2)19-11-5-4-9(18)8-10(11)14(15,16)17/h4-5,8,12,19H,3,6-7,18H2,1-2H3. The number of alkyl halides is 3. The molecule has 0 radical (unpaired) electrons. The van der Waals surface area contributed by atoms with Crippen LogP contribution in [0.2, 0.25) is 0 Å². The zero-order chi connectivity index (χ0) is 15.0. The van der Waals surface area contributed by atoms with Gasteiger partial charge in [0.2, 0.25) is 0 Å². The van der Waals surface area contributed by atoms with E-state index in [0.29, 0.717) is 6.42 Å². The molecule has 0 heterocycles. The van der Waals surface area contributed by atoms with Crippen LogP contribution >= 0.6 is 0 Å². The number of anilines is 2. The molecule has 0 aromatic heterocycles. The Bertz CT molecular complexity index is 484. The minimum atomic E-state index is -4.43. The van der Waals surface area contributed by atoms with E-state index in [1.165, 1.54) is 12.1 Å². The largest absolute Gasteiger partial charge is 0.418 e. The normalized spacial score (nSPS) is 26.1. The molecule has 0 spiro atoms. The van der Waals surface area contributed by atoms with E-state index in [4.69, 9.17) is 10.5 Å². The highest BCUT2D eigenvalue weighted by Crippen LogP contribution is 2.43. The summed E-state index contributed by atoms with van der Waals surface area (Å²) in [6, 6.07) is 3.83. The fourth-order valence-corrected chi connectivity index (χ4v) is 2.76. The van der Waals surface area contributed by atoms with Gasteiger partial charge in [-0.25, -0.2) is 0 Å². The molecule has 0 amide bonds. The van der Waals surface area contributed by atoms with E-state index in [1.807, 2.05) is 6.92 Å². The molecule has 1 aliphatic carbocycles. The van der Waals surface area contributed by atoms with Crippen LogP contribution in [0.3, 0.4) is 0 Å². The van der Waals surface area contributed by atoms with E-state index in [2.05, 4.69) is 5.32 Å². The lowest BCUT2D eigenvalue weighted by Crippen LogP contribution is -2.58. The number of nitrogens with one attached hydrogen (secondary N) is 1. The molecule has 3 N–H and O–H groups in total. The van der Waals surface area contributed by atoms with Gasteiger partial charge < -0.3 is 15.8 Å². The Labute approximate surface area is 116 Å². The molecule has 1 aliphatic rings. The number of methoxy groups -OCH3 is 1. The number of rotatable bonds is 4. The summed E-state index contributed by atoms with van der Waals surface area (Å²) >= 11 is 0. The molecular formula is C14H19F3N2O. The third-order valence-electron chi connectivity index (χ3n) is 4.12. The van der Waals surface area contributed by atoms with E-state index < -0.39 is 17.3 Å². The minimum Gasteiger partial charge on any atom is -0.399 e. The highest BCUT2D eigenvalue weighted by atomic mass is 19.4. The predicted molar refractivity (Wildman–Crippen MR) is 72.5 cm³/mol. The Morgan fingerprint density at radius 1 is 1.45 bits per heavy atom. The van der Waals surface area contributed by atoms with Gasteiger partial charge in [-0.1, -0.05) is 6.92 Å². The van der Waals surface area contributed by atoms with Crippen molar-refractivity contribution < 1.29 is 17.9 Å². The molecule has 3 nitrogen and oxygen atoms in total. The van der Waals surface area contributed by atoms with Crippen molar-refractivity contribution in [3.05, 3.63) is 23.8 Å². The van der Waals surface area contributed by atoms with E-state index in [-0.39, 0.29) is 17.5 Å². The summed E-state index contributed by atoms with van der Waals surface area (Å²) in [6.45, 7) is 1.95. The number of benzene rings is 1. The van der Waals surface area contributed by atoms with Crippen LogP contribution in [-0.2, 0) is 10.9 Å². The maximum Gasteiger partial charge on any atom is 0.418 e. The van der Waals surface area contributed by atoms with Crippen molar-refractivity contribution >= 4 is 11.4 Å². The average molecular weight is 288 g/mol. The molecule has 20 heavy (non-hydrogen) atoms. The van der Waals surface area contributed by atoms with Crippen LogP contribution in [-0.4, -0.2) is 18.8 Å². The highest BCUT2D eigenvalue weighted by Gasteiger charge is 2.47. The van der Waals surface area contributed by atoms with E-state index in [0.717, 1.165) is 18.9 Å². The number of hydrogen-bond acceptors (Lipinski definition) is 3. The van der Waals surface area contributed by atoms with Crippen molar-refractivity contribution in [1.29, 1.82) is 0 Å². The number of hydrogen-bond donors (Lipinski definition) is 2. The first-order valence-corrected chi connectivity index (χ1v) is 6.60. The molecule has 1 saturated carbocycles. The quantitative estimate of drug-likeness (QED) is 0.831. The second-order valence-electron chi connectivity index (χ2n) is 5.20. The molecule has 112 valence electrons. The summed E-state index contributed by atoms with van der Waals surface area (Å²) < 4.78 is 44.6. The van der Waals surface area contributed by atoms with Crippen LogP contribution in [0.4, 0.5) is 24.5 Å². The topological polar surface area (TPSA) is 47.3 Å². The molecule has 2 atom stereocenters. The summed E-state index contributed by atoms with van der Waals surface area (Å²) in [5.41, 5.74) is 4.48. The summed E-state index contributed by atoms with van der Waals surface area (Å²) in [5.74, 6) is 0. The maximum absolute atomic E-state index is 13.1. The van der Waals surface area contributed by atoms with Gasteiger partial charge in [0.1, 0.15) is 0 Å². The SMILES string of the molecule is CCC1(Nc2ccc(N)cc2C(F)(F)F)CCC1OC. The van der Waals surface area contributed by atoms with Crippen LogP contribution < -0.4 is 11.1 Å². The lowest BCUT2D eigenvalue weighted by molar-refractivity contribution is -0.137. The Morgan fingerprint density at radius 2 is 2.15 bits per heavy atom. The molecule has 1 aromatic carbocycles. The zero-order valence-electron chi connectivity index (χ0n) is 11.6. The Hall–Kier alpha value is -1.43. The number of nitrogens with two attached hydrogens (primary N) is 1. The highest BCUT2D eigenvalue weighted by molar-refractivity contribution is 5.61. The van der Waals surface area contributed by atoms with Crippen molar-refractivity contribution in [2.24, 2.45) is 0 Å². The average Bonchev–Trinajstić information content (AvgIpc) is 2.35. The monoisotopic (exact) mass is 288 g/mol. The van der Waals surface area contributed by atoms with Gasteiger partial charge in [0.25, 0.3) is 0 Å². The number of halogens is 3. The summed E-state index contributed by atoms with van der Waals surface area (Å²) in [5, 5.41) is 3.04. The van der Waals surface area contributed by atoms with Crippen LogP contribution in [0.25, 0.3) is 0 Å². The van der Waals surface area contributed by atoms with Crippen LogP contribution in [0.5, 0.6) is 0 Å². The van der Waals surface area contributed by atoms with Crippen LogP contribution in [0.1, 0.15) is 31.7 Å². The molecular weight excluding hydrogens is 269 g/mol. The van der Waals surface area contributed by atoms with Gasteiger partial charge in [-0.05, 0) is 37.5 Å². The van der Waals surface area contributed by atoms with Crippen molar-refractivity contribution in [2.75, 3.05) is 18.2 Å². The molecule has 0 saturated heterocycles. The van der Waals surface area contributed by atoms with Crippen molar-refractivity contribution in [3.63, 3.8) is 0 Å². The van der Waals surface area contributed by atoms with Crippen molar-refractivity contribution in [1.82, 2.24) is 0 Å². The molecule has 0 bridgehead atoms. The van der Waals surface area contributed by atoms with E-state index in [1.54, 1.807) is 7.11 Å². The first-order valence-electron chi connectivity index (χ1n) is 6.60. The fourth-order valence-electron chi connectivity index (χ4n) is 2.76. The Kier molecular flexibility index (Phi) is 3.86. The van der Waals surface area contributed by atoms with Gasteiger partial charge >= 0.3 is 6.18 Å². The molecule has 2 unspecified atom stereocenters. The Balaban J connectivity index is 2.34. The summed E-state index contributed by atoms with van der Waals surface area (Å²) in [4.78, 5) is 0. The maximum atomic E-state index is 13.1. The Morgan fingerprint density at radius 3 is 2.60 bits per heavy atom. The van der Waals surface area contributed by atoms with Gasteiger partial charge in [0.15, 0.2) is 0 Å². The van der Waals surface area contributed by atoms with Gasteiger partial charge in [-0.15, -0.1) is 0 Å². The summed E-state index contributed by atoms with van der Waals surface area (Å²) in [7, 11) is 1.59. The smallest absolute Gasteiger partial charge is 0.399 e. The fraction of sp³-hybridized carbons (Fsp3) is 0.571. The summed E-state index contributed by atoms with van der Waals surface area (Å²) in [6.07, 6.45) is -2.14. The third-order valence-corrected chi connectivity index (χ3v) is 4.12. The molecule has 1 aromatic rings. The second kappa shape index (κ2) is 5.16. The van der Waals surface area contributed by atoms with E-state index in [9.17, 15) is 13.2 Å². The molecule has 6 heteroatoms. The lowest BCUT2D eigenvalue weighted by Gasteiger charge is -2.49. The van der Waals surface area contributed by atoms with Gasteiger partial charge in [-0.3, -0.25) is 0 Å². The molecule has 0 aliphatic heterocycles. The number of ether oxygens (including phenoxy) is 1. The van der Waals surface area contributed by atoms with Crippen LogP contribution in [0.15, 0.2) is 18.2 Å². The van der Waals surface area contributed by atoms with E-state index >= 15 is 0 Å². The van der Waals surface area contributed by atoms with Gasteiger partial charge in [-0.2, -0.15) is 13.2 Å². The zero-order valence-corrected chi connectivity index (χ0v) is 11.6. The molecule has 2 rings (SSSR count). The van der Waals surface area contributed by atoms with Crippen molar-refractivity contribution in [3.8, 4) is 0 Å². The minimum absolute atomic E-state index is 0.0638. The first kappa shape index (κ1) is 15.0. The predicted octanol–water partition coefficient (Wildman–Crippen LogP) is 3.66. The first-order chi connectivity index (χ1) is 9.32. The second-order valence-corrected chi connectivity index (χ2v) is 5.20. The van der Waals surface area contributed by atoms with Crippen LogP contribution in [0, 0.1) is 0 Å².